The summed E-state index contributed by atoms with van der Waals surface area (Å²) < 4.78 is 10.7. The summed E-state index contributed by atoms with van der Waals surface area (Å²) in [6, 6.07) is 12.1. The van der Waals surface area contributed by atoms with Crippen molar-refractivity contribution in [1.29, 1.82) is 0 Å². The molecular weight excluding hydrogens is 332 g/mol. The van der Waals surface area contributed by atoms with Crippen molar-refractivity contribution in [3.63, 3.8) is 0 Å². The van der Waals surface area contributed by atoms with Crippen LogP contribution in [0, 0.1) is 5.92 Å². The summed E-state index contributed by atoms with van der Waals surface area (Å²) in [6.07, 6.45) is 0. The molecule has 2 aromatic rings. The molecule has 26 heavy (non-hydrogen) atoms. The van der Waals surface area contributed by atoms with Gasteiger partial charge in [0.1, 0.15) is 11.5 Å². The van der Waals surface area contributed by atoms with Crippen molar-refractivity contribution in [2.75, 3.05) is 24.4 Å². The number of nitrogens with one attached hydrogen (secondary N) is 2. The number of hydrogen-bond acceptors (Lipinski definition) is 4. The first-order valence-corrected chi connectivity index (χ1v) is 8.47. The van der Waals surface area contributed by atoms with Crippen molar-refractivity contribution in [3.05, 3.63) is 48.0 Å². The molecule has 0 heterocycles. The number of ether oxygens (including phenoxy) is 2. The molecule has 0 radical (unpaired) electrons. The fourth-order valence-electron chi connectivity index (χ4n) is 2.25. The molecule has 0 spiro atoms. The number of rotatable bonds is 7. The summed E-state index contributed by atoms with van der Waals surface area (Å²) in [7, 11) is 1.51. The zero-order valence-corrected chi connectivity index (χ0v) is 15.5. The second-order valence-corrected chi connectivity index (χ2v) is 5.97. The van der Waals surface area contributed by atoms with Crippen molar-refractivity contribution in [1.82, 2.24) is 0 Å². The van der Waals surface area contributed by atoms with E-state index >= 15 is 0 Å². The van der Waals surface area contributed by atoms with Gasteiger partial charge in [-0.05, 0) is 37.3 Å². The van der Waals surface area contributed by atoms with Gasteiger partial charge in [0.25, 0.3) is 5.91 Å². The Morgan fingerprint density at radius 2 is 1.85 bits per heavy atom. The molecule has 2 amide bonds. The SMILES string of the molecule is CCOc1cccc(C(=O)Nc2ccc(NC(=O)C(C)C)c(OC)c2)c1. The van der Waals surface area contributed by atoms with Crippen LogP contribution in [0.5, 0.6) is 11.5 Å². The van der Waals surface area contributed by atoms with Crippen molar-refractivity contribution in [3.8, 4) is 11.5 Å². The Bertz CT molecular complexity index is 787. The first-order valence-electron chi connectivity index (χ1n) is 8.47. The van der Waals surface area contributed by atoms with E-state index in [1.54, 1.807) is 42.5 Å². The lowest BCUT2D eigenvalue weighted by Crippen LogP contribution is -2.18. The van der Waals surface area contributed by atoms with Gasteiger partial charge < -0.3 is 20.1 Å². The quantitative estimate of drug-likeness (QED) is 0.788. The maximum atomic E-state index is 12.4. The second kappa shape index (κ2) is 8.89. The summed E-state index contributed by atoms with van der Waals surface area (Å²) in [5.74, 6) is 0.612. The smallest absolute Gasteiger partial charge is 0.255 e. The standard InChI is InChI=1S/C20H24N2O4/c1-5-26-16-8-6-7-14(11-16)20(24)21-15-9-10-17(18(12-15)25-4)22-19(23)13(2)3/h6-13H,5H2,1-4H3,(H,21,24)(H,22,23). The summed E-state index contributed by atoms with van der Waals surface area (Å²) >= 11 is 0. The predicted molar refractivity (Wildman–Crippen MR) is 102 cm³/mol. The fourth-order valence-corrected chi connectivity index (χ4v) is 2.25. The van der Waals surface area contributed by atoms with E-state index in [1.165, 1.54) is 7.11 Å². The summed E-state index contributed by atoms with van der Waals surface area (Å²) in [4.78, 5) is 24.3. The Morgan fingerprint density at radius 3 is 2.50 bits per heavy atom. The molecule has 0 fully saturated rings. The number of hydrogen-bond donors (Lipinski definition) is 2. The number of carbonyl (C=O) groups excluding carboxylic acids is 2. The van der Waals surface area contributed by atoms with Crippen LogP contribution in [0.1, 0.15) is 31.1 Å². The highest BCUT2D eigenvalue weighted by Gasteiger charge is 2.13. The van der Waals surface area contributed by atoms with Crippen molar-refractivity contribution < 1.29 is 19.1 Å². The second-order valence-electron chi connectivity index (χ2n) is 5.97. The minimum Gasteiger partial charge on any atom is -0.494 e. The number of benzene rings is 2. The number of carbonyl (C=O) groups is 2. The monoisotopic (exact) mass is 356 g/mol. The predicted octanol–water partition coefficient (Wildman–Crippen LogP) is 3.94. The molecule has 2 N–H and O–H groups in total. The van der Waals surface area contributed by atoms with Gasteiger partial charge in [0, 0.05) is 23.2 Å². The lowest BCUT2D eigenvalue weighted by Gasteiger charge is -2.14. The van der Waals surface area contributed by atoms with Crippen LogP contribution in [0.25, 0.3) is 0 Å². The topological polar surface area (TPSA) is 76.7 Å². The average molecular weight is 356 g/mol. The summed E-state index contributed by atoms with van der Waals surface area (Å²) in [6.45, 7) is 6.05. The molecule has 6 nitrogen and oxygen atoms in total. The minimum absolute atomic E-state index is 0.104. The Labute approximate surface area is 153 Å². The maximum Gasteiger partial charge on any atom is 0.255 e. The van der Waals surface area contributed by atoms with Crippen LogP contribution in [0.3, 0.4) is 0 Å². The van der Waals surface area contributed by atoms with Crippen LogP contribution in [0.2, 0.25) is 0 Å². The van der Waals surface area contributed by atoms with E-state index in [4.69, 9.17) is 9.47 Å². The number of amides is 2. The van der Waals surface area contributed by atoms with Crippen LogP contribution in [0.15, 0.2) is 42.5 Å². The van der Waals surface area contributed by atoms with Gasteiger partial charge in [-0.25, -0.2) is 0 Å². The lowest BCUT2D eigenvalue weighted by molar-refractivity contribution is -0.118. The van der Waals surface area contributed by atoms with Gasteiger partial charge in [0.15, 0.2) is 0 Å². The van der Waals surface area contributed by atoms with Gasteiger partial charge in [-0.15, -0.1) is 0 Å². The molecule has 0 aliphatic carbocycles. The third kappa shape index (κ3) is 4.99. The Hall–Kier alpha value is -3.02. The highest BCUT2D eigenvalue weighted by Crippen LogP contribution is 2.28. The highest BCUT2D eigenvalue weighted by atomic mass is 16.5. The molecule has 138 valence electrons. The maximum absolute atomic E-state index is 12.4. The Kier molecular flexibility index (Phi) is 6.60. The van der Waals surface area contributed by atoms with Crippen LogP contribution in [0.4, 0.5) is 11.4 Å². The third-order valence-corrected chi connectivity index (χ3v) is 3.65. The van der Waals surface area contributed by atoms with Crippen LogP contribution >= 0.6 is 0 Å². The van der Waals surface area contributed by atoms with Gasteiger partial charge in [-0.1, -0.05) is 19.9 Å². The highest BCUT2D eigenvalue weighted by molar-refractivity contribution is 6.05. The Balaban J connectivity index is 2.15. The normalized spacial score (nSPS) is 10.3. The number of anilines is 2. The molecule has 0 saturated carbocycles. The molecule has 0 saturated heterocycles. The van der Waals surface area contributed by atoms with E-state index in [-0.39, 0.29) is 17.7 Å². The lowest BCUT2D eigenvalue weighted by atomic mass is 10.1. The number of methoxy groups -OCH3 is 1. The van der Waals surface area contributed by atoms with Crippen molar-refractivity contribution >= 4 is 23.2 Å². The van der Waals surface area contributed by atoms with E-state index in [0.717, 1.165) is 0 Å². The molecule has 0 aliphatic rings. The molecule has 0 aliphatic heterocycles. The van der Waals surface area contributed by atoms with Gasteiger partial charge in [-0.3, -0.25) is 9.59 Å². The molecule has 6 heteroatoms. The molecule has 0 bridgehead atoms. The molecular formula is C20H24N2O4. The van der Waals surface area contributed by atoms with Gasteiger partial charge in [0.2, 0.25) is 5.91 Å². The molecule has 2 rings (SSSR count). The van der Waals surface area contributed by atoms with E-state index in [2.05, 4.69) is 10.6 Å². The molecule has 0 unspecified atom stereocenters. The van der Waals surface area contributed by atoms with E-state index in [1.807, 2.05) is 20.8 Å². The zero-order valence-electron chi connectivity index (χ0n) is 15.5. The van der Waals surface area contributed by atoms with Crippen LogP contribution < -0.4 is 20.1 Å². The van der Waals surface area contributed by atoms with Crippen molar-refractivity contribution in [2.24, 2.45) is 5.92 Å². The van der Waals surface area contributed by atoms with Crippen molar-refractivity contribution in [2.45, 2.75) is 20.8 Å². The van der Waals surface area contributed by atoms with Crippen LogP contribution in [-0.2, 0) is 4.79 Å². The van der Waals surface area contributed by atoms with E-state index < -0.39 is 0 Å². The first kappa shape index (κ1) is 19.3. The Morgan fingerprint density at radius 1 is 1.08 bits per heavy atom. The van der Waals surface area contributed by atoms with Gasteiger partial charge in [-0.2, -0.15) is 0 Å². The first-order chi connectivity index (χ1) is 12.4. The third-order valence-electron chi connectivity index (χ3n) is 3.65. The molecule has 2 aromatic carbocycles. The van der Waals surface area contributed by atoms with Gasteiger partial charge >= 0.3 is 0 Å². The van der Waals surface area contributed by atoms with Crippen LogP contribution in [-0.4, -0.2) is 25.5 Å². The average Bonchev–Trinajstić information content (AvgIpc) is 2.63. The fraction of sp³-hybridized carbons (Fsp3) is 0.300. The van der Waals surface area contributed by atoms with Gasteiger partial charge in [0.05, 0.1) is 19.4 Å². The molecule has 0 atom stereocenters. The summed E-state index contributed by atoms with van der Waals surface area (Å²) in [5.41, 5.74) is 1.62. The van der Waals surface area contributed by atoms with E-state index in [9.17, 15) is 9.59 Å². The minimum atomic E-state index is -0.257. The molecule has 0 aromatic heterocycles. The van der Waals surface area contributed by atoms with E-state index in [0.29, 0.717) is 35.0 Å². The zero-order chi connectivity index (χ0) is 19.1. The summed E-state index contributed by atoms with van der Waals surface area (Å²) in [5, 5.41) is 5.62. The largest absolute Gasteiger partial charge is 0.494 e.